The zero-order valence-corrected chi connectivity index (χ0v) is 29.5. The lowest BCUT2D eigenvalue weighted by Gasteiger charge is -2.32. The fourth-order valence-corrected chi connectivity index (χ4v) is 7.58. The highest BCUT2D eigenvalue weighted by Gasteiger charge is 2.51. The molecule has 0 unspecified atom stereocenters. The maximum atomic E-state index is 6.67. The van der Waals surface area contributed by atoms with Gasteiger partial charge in [0.25, 0.3) is 0 Å². The lowest BCUT2D eigenvalue weighted by atomic mass is 9.76. The van der Waals surface area contributed by atoms with Gasteiger partial charge in [0.15, 0.2) is 0 Å². The third-order valence-electron chi connectivity index (χ3n) is 11.0. The van der Waals surface area contributed by atoms with Crippen LogP contribution < -0.4 is 5.46 Å². The molecule has 0 aliphatic carbocycles. The van der Waals surface area contributed by atoms with E-state index < -0.39 is 18.3 Å². The first-order chi connectivity index (χ1) is 24.7. The molecule has 8 aromatic rings. The van der Waals surface area contributed by atoms with Gasteiger partial charge in [0, 0.05) is 0 Å². The molecule has 0 amide bonds. The topological polar surface area (TPSA) is 18.5 Å². The van der Waals surface area contributed by atoms with Crippen LogP contribution in [0.25, 0.3) is 76.8 Å². The molecule has 0 saturated carbocycles. The van der Waals surface area contributed by atoms with Crippen LogP contribution in [0.5, 0.6) is 0 Å². The first-order valence-electron chi connectivity index (χ1n) is 17.8. The molecule has 1 fully saturated rings. The zero-order chi connectivity index (χ0) is 34.7. The Kier molecular flexibility index (Phi) is 7.47. The van der Waals surface area contributed by atoms with Crippen molar-refractivity contribution < 1.29 is 9.31 Å². The molecule has 3 heteroatoms. The molecule has 8 aromatic carbocycles. The monoisotopic (exact) mass is 658 g/mol. The molecule has 0 atom stereocenters. The van der Waals surface area contributed by atoms with Crippen LogP contribution in [0.4, 0.5) is 0 Å². The summed E-state index contributed by atoms with van der Waals surface area (Å²) in [7, 11) is -0.496. The van der Waals surface area contributed by atoms with Gasteiger partial charge >= 0.3 is 7.12 Å². The molecule has 0 radical (unpaired) electrons. The van der Waals surface area contributed by atoms with Gasteiger partial charge in [-0.1, -0.05) is 133 Å². The van der Waals surface area contributed by atoms with Crippen LogP contribution in [0.2, 0.25) is 0 Å². The van der Waals surface area contributed by atoms with Crippen LogP contribution in [0, 0.1) is 0 Å². The predicted molar refractivity (Wildman–Crippen MR) is 216 cm³/mol. The zero-order valence-electron chi connectivity index (χ0n) is 29.5. The second kappa shape index (κ2) is 12.1. The maximum absolute atomic E-state index is 6.67. The summed E-state index contributed by atoms with van der Waals surface area (Å²) in [4.78, 5) is 0. The Balaban J connectivity index is 1.28. The Labute approximate surface area is 300 Å². The summed E-state index contributed by atoms with van der Waals surface area (Å²) in [6.45, 7) is 8.47. The fraction of sp³-hybridized carbons (Fsp3) is 0.125. The number of hydrogen-bond acceptors (Lipinski definition) is 2. The molecule has 51 heavy (non-hydrogen) atoms. The highest BCUT2D eigenvalue weighted by atomic mass is 16.7. The minimum atomic E-state index is -0.496. The minimum Gasteiger partial charge on any atom is -0.399 e. The largest absolute Gasteiger partial charge is 0.494 e. The number of benzene rings is 8. The molecule has 1 saturated heterocycles. The van der Waals surface area contributed by atoms with Gasteiger partial charge in [-0.2, -0.15) is 0 Å². The fourth-order valence-electron chi connectivity index (χ4n) is 7.58. The van der Waals surface area contributed by atoms with E-state index in [1.165, 1.54) is 54.6 Å². The van der Waals surface area contributed by atoms with Gasteiger partial charge in [-0.05, 0) is 140 Å². The van der Waals surface area contributed by atoms with Gasteiger partial charge in [-0.25, -0.2) is 0 Å². The Morgan fingerprint density at radius 3 is 1.14 bits per heavy atom. The SMILES string of the molecule is CC1(C)OB(c2cc(-c3cc(-c4ccccc4)cc(-c4ccccc4)c3)cc(-c3ccc4c5ccccc5c5ccccc5c4c3)c2)OC1(C)C. The maximum Gasteiger partial charge on any atom is 0.494 e. The summed E-state index contributed by atoms with van der Waals surface area (Å²) in [6.07, 6.45) is 0. The van der Waals surface area contributed by atoms with E-state index in [0.29, 0.717) is 0 Å². The summed E-state index contributed by atoms with van der Waals surface area (Å²) in [5, 5.41) is 7.61. The van der Waals surface area contributed by atoms with Crippen LogP contribution in [0.1, 0.15) is 27.7 Å². The van der Waals surface area contributed by atoms with Crippen molar-refractivity contribution in [1.29, 1.82) is 0 Å². The van der Waals surface area contributed by atoms with Crippen molar-refractivity contribution >= 4 is 44.9 Å². The van der Waals surface area contributed by atoms with E-state index in [9.17, 15) is 0 Å². The molecule has 0 aromatic heterocycles. The Morgan fingerprint density at radius 2 is 0.667 bits per heavy atom. The van der Waals surface area contributed by atoms with Crippen LogP contribution in [0.3, 0.4) is 0 Å². The lowest BCUT2D eigenvalue weighted by molar-refractivity contribution is 0.00578. The molecule has 1 heterocycles. The third-order valence-corrected chi connectivity index (χ3v) is 11.0. The van der Waals surface area contributed by atoms with E-state index in [1.807, 2.05) is 0 Å². The molecule has 1 aliphatic heterocycles. The van der Waals surface area contributed by atoms with E-state index in [1.54, 1.807) is 0 Å². The lowest BCUT2D eigenvalue weighted by Crippen LogP contribution is -2.41. The first-order valence-corrected chi connectivity index (χ1v) is 17.8. The van der Waals surface area contributed by atoms with Gasteiger partial charge in [0.2, 0.25) is 0 Å². The molecule has 9 rings (SSSR count). The molecular weight excluding hydrogens is 619 g/mol. The van der Waals surface area contributed by atoms with Crippen molar-refractivity contribution in [2.24, 2.45) is 0 Å². The molecule has 1 aliphatic rings. The molecule has 2 nitrogen and oxygen atoms in total. The first kappa shape index (κ1) is 31.5. The highest BCUT2D eigenvalue weighted by molar-refractivity contribution is 6.62. The summed E-state index contributed by atoms with van der Waals surface area (Å²) in [6, 6.07) is 59.5. The second-order valence-corrected chi connectivity index (χ2v) is 14.8. The predicted octanol–water partition coefficient (Wildman–Crippen LogP) is 12.1. The van der Waals surface area contributed by atoms with Crippen molar-refractivity contribution in [2.75, 3.05) is 0 Å². The standard InChI is InChI=1S/C48H39BO2/c1-47(2)48(3,4)51-49(50-47)40-29-38(34-23-24-45-43-21-12-11-19-41(43)42-20-13-14-22-44(42)46(45)31-34)28-39(30-40)37-26-35(32-15-7-5-8-16-32)25-36(27-37)33-17-9-6-10-18-33/h5-31H,1-4H3. The normalized spacial score (nSPS) is 15.2. The molecule has 0 N–H and O–H groups in total. The van der Waals surface area contributed by atoms with Crippen molar-refractivity contribution in [1.82, 2.24) is 0 Å². The summed E-state index contributed by atoms with van der Waals surface area (Å²) in [5.74, 6) is 0. The summed E-state index contributed by atoms with van der Waals surface area (Å²) in [5.41, 5.74) is 9.39. The van der Waals surface area contributed by atoms with Crippen molar-refractivity contribution in [2.45, 2.75) is 38.9 Å². The van der Waals surface area contributed by atoms with Crippen LogP contribution in [-0.4, -0.2) is 18.3 Å². The Morgan fingerprint density at radius 1 is 0.314 bits per heavy atom. The van der Waals surface area contributed by atoms with E-state index >= 15 is 0 Å². The average Bonchev–Trinajstić information content (AvgIpc) is 3.40. The van der Waals surface area contributed by atoms with E-state index in [2.05, 4.69) is 191 Å². The molecular formula is C48H39BO2. The van der Waals surface area contributed by atoms with Crippen molar-refractivity contribution in [3.05, 3.63) is 164 Å². The van der Waals surface area contributed by atoms with Gasteiger partial charge in [-0.3, -0.25) is 0 Å². The Hall–Kier alpha value is -5.48. The molecule has 0 bridgehead atoms. The third kappa shape index (κ3) is 5.54. The van der Waals surface area contributed by atoms with Crippen LogP contribution >= 0.6 is 0 Å². The summed E-state index contributed by atoms with van der Waals surface area (Å²) >= 11 is 0. The van der Waals surface area contributed by atoms with Crippen molar-refractivity contribution in [3.8, 4) is 44.5 Å². The number of rotatable bonds is 5. The quantitative estimate of drug-likeness (QED) is 0.135. The van der Waals surface area contributed by atoms with Gasteiger partial charge < -0.3 is 9.31 Å². The van der Waals surface area contributed by atoms with Gasteiger partial charge in [0.05, 0.1) is 11.2 Å². The summed E-state index contributed by atoms with van der Waals surface area (Å²) < 4.78 is 13.3. The van der Waals surface area contributed by atoms with Gasteiger partial charge in [-0.15, -0.1) is 0 Å². The van der Waals surface area contributed by atoms with Crippen LogP contribution in [0.15, 0.2) is 164 Å². The highest BCUT2D eigenvalue weighted by Crippen LogP contribution is 2.40. The minimum absolute atomic E-state index is 0.454. The second-order valence-electron chi connectivity index (χ2n) is 14.8. The molecule has 0 spiro atoms. The van der Waals surface area contributed by atoms with Gasteiger partial charge in [0.1, 0.15) is 0 Å². The van der Waals surface area contributed by atoms with Crippen LogP contribution in [-0.2, 0) is 9.31 Å². The number of fused-ring (bicyclic) bond motifs is 6. The van der Waals surface area contributed by atoms with Crippen molar-refractivity contribution in [3.63, 3.8) is 0 Å². The van der Waals surface area contributed by atoms with E-state index in [4.69, 9.17) is 9.31 Å². The average molecular weight is 659 g/mol. The number of hydrogen-bond donors (Lipinski definition) is 0. The Bertz CT molecular complexity index is 2480. The smallest absolute Gasteiger partial charge is 0.399 e. The van der Waals surface area contributed by atoms with E-state index in [-0.39, 0.29) is 0 Å². The van der Waals surface area contributed by atoms with E-state index in [0.717, 1.165) is 27.7 Å². The molecule has 246 valence electrons.